The normalized spacial score (nSPS) is 25.3. The molecular weight excluding hydrogens is 202 g/mol. The summed E-state index contributed by atoms with van der Waals surface area (Å²) in [7, 11) is 0. The first kappa shape index (κ1) is 11.2. The lowest BCUT2D eigenvalue weighted by atomic mass is 9.82. The number of carbonyl (C=O) groups is 1. The van der Waals surface area contributed by atoms with Crippen LogP contribution in [0.2, 0.25) is 0 Å². The molecular formula is C12H19N3O. The number of carbonyl (C=O) groups excluding carboxylic acids is 1. The van der Waals surface area contributed by atoms with Crippen LogP contribution in [0.3, 0.4) is 0 Å². The summed E-state index contributed by atoms with van der Waals surface area (Å²) in [5.41, 5.74) is 8.50. The summed E-state index contributed by atoms with van der Waals surface area (Å²) in [6.07, 6.45) is 7.78. The predicted octanol–water partition coefficient (Wildman–Crippen LogP) is 1.32. The molecule has 1 aliphatic carbocycles. The fourth-order valence-electron chi connectivity index (χ4n) is 2.29. The Balaban J connectivity index is 1.82. The van der Waals surface area contributed by atoms with Crippen molar-refractivity contribution < 1.29 is 4.79 Å². The first-order valence-corrected chi connectivity index (χ1v) is 5.93. The molecule has 0 radical (unpaired) electrons. The molecule has 16 heavy (non-hydrogen) atoms. The SMILES string of the molecule is NCC1CCC(C(=O)Nn2cccc2)CC1. The molecule has 1 aromatic rings. The van der Waals surface area contributed by atoms with Crippen LogP contribution in [0.1, 0.15) is 25.7 Å². The molecule has 1 aliphatic rings. The van der Waals surface area contributed by atoms with Crippen molar-refractivity contribution in [3.63, 3.8) is 0 Å². The van der Waals surface area contributed by atoms with Gasteiger partial charge in [0.2, 0.25) is 5.91 Å². The lowest BCUT2D eigenvalue weighted by Crippen LogP contribution is -2.32. The lowest BCUT2D eigenvalue weighted by Gasteiger charge is -2.26. The highest BCUT2D eigenvalue weighted by Crippen LogP contribution is 2.28. The van der Waals surface area contributed by atoms with Crippen LogP contribution in [0.5, 0.6) is 0 Å². The zero-order valence-corrected chi connectivity index (χ0v) is 9.43. The molecule has 1 saturated carbocycles. The third-order valence-corrected chi connectivity index (χ3v) is 3.39. The summed E-state index contributed by atoms with van der Waals surface area (Å²) in [6.45, 7) is 0.756. The summed E-state index contributed by atoms with van der Waals surface area (Å²) < 4.78 is 1.71. The molecule has 2 rings (SSSR count). The standard InChI is InChI=1S/C12H19N3O/c13-9-10-3-5-11(6-4-10)12(16)14-15-7-1-2-8-15/h1-2,7-8,10-11H,3-6,9,13H2,(H,14,16). The van der Waals surface area contributed by atoms with E-state index in [-0.39, 0.29) is 11.8 Å². The van der Waals surface area contributed by atoms with Crippen molar-refractivity contribution in [3.8, 4) is 0 Å². The maximum absolute atomic E-state index is 11.9. The van der Waals surface area contributed by atoms with E-state index in [1.165, 1.54) is 0 Å². The summed E-state index contributed by atoms with van der Waals surface area (Å²) in [5, 5.41) is 0. The molecule has 0 bridgehead atoms. The molecule has 1 aromatic heterocycles. The molecule has 0 saturated heterocycles. The van der Waals surface area contributed by atoms with Crippen LogP contribution in [0, 0.1) is 11.8 Å². The lowest BCUT2D eigenvalue weighted by molar-refractivity contribution is -0.122. The minimum Gasteiger partial charge on any atom is -0.330 e. The van der Waals surface area contributed by atoms with E-state index >= 15 is 0 Å². The fourth-order valence-corrected chi connectivity index (χ4v) is 2.29. The number of hydrogen-bond acceptors (Lipinski definition) is 2. The molecule has 0 spiro atoms. The van der Waals surface area contributed by atoms with Crippen molar-refractivity contribution in [1.29, 1.82) is 0 Å². The van der Waals surface area contributed by atoms with Crippen LogP contribution >= 0.6 is 0 Å². The van der Waals surface area contributed by atoms with E-state index in [0.29, 0.717) is 5.92 Å². The van der Waals surface area contributed by atoms with Gasteiger partial charge in [-0.05, 0) is 50.3 Å². The van der Waals surface area contributed by atoms with E-state index in [4.69, 9.17) is 5.73 Å². The fraction of sp³-hybridized carbons (Fsp3) is 0.583. The predicted molar refractivity (Wildman–Crippen MR) is 63.3 cm³/mol. The number of nitrogens with one attached hydrogen (secondary N) is 1. The second-order valence-corrected chi connectivity index (χ2v) is 4.52. The van der Waals surface area contributed by atoms with Gasteiger partial charge in [-0.25, -0.2) is 0 Å². The van der Waals surface area contributed by atoms with Crippen molar-refractivity contribution in [2.75, 3.05) is 12.0 Å². The van der Waals surface area contributed by atoms with Gasteiger partial charge in [-0.1, -0.05) is 0 Å². The summed E-state index contributed by atoms with van der Waals surface area (Å²) in [5.74, 6) is 0.910. The van der Waals surface area contributed by atoms with Gasteiger partial charge >= 0.3 is 0 Å². The van der Waals surface area contributed by atoms with Gasteiger partial charge in [0.15, 0.2) is 0 Å². The van der Waals surface area contributed by atoms with E-state index in [1.54, 1.807) is 4.68 Å². The van der Waals surface area contributed by atoms with Crippen LogP contribution in [-0.4, -0.2) is 17.1 Å². The molecule has 0 aliphatic heterocycles. The number of rotatable bonds is 3. The van der Waals surface area contributed by atoms with Crippen molar-refractivity contribution in [1.82, 2.24) is 4.68 Å². The van der Waals surface area contributed by atoms with Gasteiger partial charge < -0.3 is 5.73 Å². The highest BCUT2D eigenvalue weighted by molar-refractivity contribution is 5.86. The zero-order chi connectivity index (χ0) is 11.4. The van der Waals surface area contributed by atoms with Crippen LogP contribution in [0.4, 0.5) is 0 Å². The Kier molecular flexibility index (Phi) is 3.62. The van der Waals surface area contributed by atoms with Crippen molar-refractivity contribution in [3.05, 3.63) is 24.5 Å². The Morgan fingerprint density at radius 1 is 1.25 bits per heavy atom. The largest absolute Gasteiger partial charge is 0.330 e. The topological polar surface area (TPSA) is 60.1 Å². The van der Waals surface area contributed by atoms with E-state index < -0.39 is 0 Å². The Labute approximate surface area is 95.8 Å². The highest BCUT2D eigenvalue weighted by atomic mass is 16.2. The number of aromatic nitrogens is 1. The Hall–Kier alpha value is -1.29. The van der Waals surface area contributed by atoms with E-state index in [2.05, 4.69) is 5.43 Å². The zero-order valence-electron chi connectivity index (χ0n) is 9.43. The van der Waals surface area contributed by atoms with Gasteiger partial charge in [-0.3, -0.25) is 14.9 Å². The van der Waals surface area contributed by atoms with Crippen molar-refractivity contribution in [2.24, 2.45) is 17.6 Å². The van der Waals surface area contributed by atoms with Crippen molar-refractivity contribution in [2.45, 2.75) is 25.7 Å². The van der Waals surface area contributed by atoms with Gasteiger partial charge in [0.25, 0.3) is 0 Å². The van der Waals surface area contributed by atoms with E-state index in [1.807, 2.05) is 24.5 Å². The molecule has 3 N–H and O–H groups in total. The Morgan fingerprint density at radius 3 is 2.44 bits per heavy atom. The van der Waals surface area contributed by atoms with Crippen LogP contribution in [-0.2, 0) is 4.79 Å². The second kappa shape index (κ2) is 5.16. The number of hydrogen-bond donors (Lipinski definition) is 2. The summed E-state index contributed by atoms with van der Waals surface area (Å²) in [6, 6.07) is 3.79. The molecule has 4 nitrogen and oxygen atoms in total. The molecule has 0 unspecified atom stereocenters. The molecule has 1 amide bonds. The van der Waals surface area contributed by atoms with E-state index in [0.717, 1.165) is 32.2 Å². The van der Waals surface area contributed by atoms with Crippen LogP contribution in [0.25, 0.3) is 0 Å². The maximum Gasteiger partial charge on any atom is 0.241 e. The van der Waals surface area contributed by atoms with Crippen LogP contribution < -0.4 is 11.2 Å². The van der Waals surface area contributed by atoms with Gasteiger partial charge in [-0.15, -0.1) is 0 Å². The van der Waals surface area contributed by atoms with Gasteiger partial charge in [0.1, 0.15) is 0 Å². The molecule has 0 aromatic carbocycles. The summed E-state index contributed by atoms with van der Waals surface area (Å²) >= 11 is 0. The van der Waals surface area contributed by atoms with E-state index in [9.17, 15) is 4.79 Å². The number of amides is 1. The minimum atomic E-state index is 0.131. The average Bonchev–Trinajstić information content (AvgIpc) is 2.82. The third kappa shape index (κ3) is 2.64. The molecule has 88 valence electrons. The maximum atomic E-state index is 11.9. The first-order chi connectivity index (χ1) is 7.79. The summed E-state index contributed by atoms with van der Waals surface area (Å²) in [4.78, 5) is 11.9. The minimum absolute atomic E-state index is 0.131. The molecule has 1 heterocycles. The number of nitrogens with zero attached hydrogens (tertiary/aromatic N) is 1. The molecule has 4 heteroatoms. The Morgan fingerprint density at radius 2 is 1.88 bits per heavy atom. The molecule has 0 atom stereocenters. The quantitative estimate of drug-likeness (QED) is 0.808. The van der Waals surface area contributed by atoms with Gasteiger partial charge in [-0.2, -0.15) is 0 Å². The smallest absolute Gasteiger partial charge is 0.241 e. The van der Waals surface area contributed by atoms with Crippen LogP contribution in [0.15, 0.2) is 24.5 Å². The second-order valence-electron chi connectivity index (χ2n) is 4.52. The third-order valence-electron chi connectivity index (χ3n) is 3.39. The average molecular weight is 221 g/mol. The molecule has 1 fully saturated rings. The Bertz CT molecular complexity index is 326. The highest BCUT2D eigenvalue weighted by Gasteiger charge is 2.25. The van der Waals surface area contributed by atoms with Gasteiger partial charge in [0, 0.05) is 18.3 Å². The monoisotopic (exact) mass is 221 g/mol. The number of nitrogens with two attached hydrogens (primary N) is 1. The van der Waals surface area contributed by atoms with Gasteiger partial charge in [0.05, 0.1) is 0 Å². The van der Waals surface area contributed by atoms with Crippen molar-refractivity contribution >= 4 is 5.91 Å². The first-order valence-electron chi connectivity index (χ1n) is 5.93.